The van der Waals surface area contributed by atoms with Gasteiger partial charge in [0.25, 0.3) is 0 Å². The summed E-state index contributed by atoms with van der Waals surface area (Å²) in [6.45, 7) is 6.58. The molecule has 4 rings (SSSR count). The van der Waals surface area contributed by atoms with Crippen LogP contribution in [-0.4, -0.2) is 15.5 Å². The minimum Gasteiger partial charge on any atom is -0.322 e. The third-order valence-electron chi connectivity index (χ3n) is 5.64. The van der Waals surface area contributed by atoms with Crippen LogP contribution in [0.4, 0.5) is 10.1 Å². The molecule has 0 aliphatic heterocycles. The summed E-state index contributed by atoms with van der Waals surface area (Å²) in [6.07, 6.45) is 1.05. The quantitative estimate of drug-likeness (QED) is 0.382. The highest BCUT2D eigenvalue weighted by Gasteiger charge is 2.20. The molecule has 0 aliphatic rings. The molecule has 1 atom stereocenters. The Morgan fingerprint density at radius 2 is 1.66 bits per heavy atom. The second-order valence-corrected chi connectivity index (χ2v) is 8.63. The van der Waals surface area contributed by atoms with E-state index >= 15 is 0 Å². The number of aromatic nitrogens is 2. The zero-order valence-electron chi connectivity index (χ0n) is 18.7. The maximum absolute atomic E-state index is 14.0. The fraction of sp³-hybridized carbons (Fsp3) is 0.259. The lowest BCUT2D eigenvalue weighted by Crippen LogP contribution is -2.21. The first-order valence-electron chi connectivity index (χ1n) is 11.0. The molecule has 0 radical (unpaired) electrons. The number of carbonyl (C=O) groups excluding carboxylic acids is 1. The Morgan fingerprint density at radius 3 is 2.38 bits per heavy atom. The Balaban J connectivity index is 1.64. The number of nitrogens with one attached hydrogen (secondary N) is 1. The molecular weight excluding hydrogens is 401 g/mol. The summed E-state index contributed by atoms with van der Waals surface area (Å²) in [5, 5.41) is 2.68. The normalized spacial score (nSPS) is 12.3. The molecule has 1 N–H and O–H groups in total. The Kier molecular flexibility index (Phi) is 6.35. The number of halogens is 1. The van der Waals surface area contributed by atoms with Crippen molar-refractivity contribution in [1.82, 2.24) is 9.55 Å². The van der Waals surface area contributed by atoms with Crippen molar-refractivity contribution < 1.29 is 9.18 Å². The zero-order valence-corrected chi connectivity index (χ0v) is 18.7. The summed E-state index contributed by atoms with van der Waals surface area (Å²) >= 11 is 0. The SMILES string of the molecule is CC(C)Cc1ccc(C(C)c2nc3ccccc3n2CC(=O)Nc2ccccc2F)cc1. The number of rotatable bonds is 7. The molecule has 0 aliphatic carbocycles. The predicted octanol–water partition coefficient (Wildman–Crippen LogP) is 6.16. The molecule has 4 nitrogen and oxygen atoms in total. The predicted molar refractivity (Wildman–Crippen MR) is 127 cm³/mol. The molecule has 1 aromatic heterocycles. The van der Waals surface area contributed by atoms with E-state index in [1.807, 2.05) is 28.8 Å². The molecule has 5 heteroatoms. The van der Waals surface area contributed by atoms with Crippen LogP contribution in [0.25, 0.3) is 11.0 Å². The highest BCUT2D eigenvalue weighted by atomic mass is 19.1. The molecule has 1 unspecified atom stereocenters. The number of benzene rings is 3. The number of amides is 1. The molecule has 1 heterocycles. The van der Waals surface area contributed by atoms with Crippen molar-refractivity contribution in [3.05, 3.63) is 95.6 Å². The third-order valence-corrected chi connectivity index (χ3v) is 5.64. The Hall–Kier alpha value is -3.47. The van der Waals surface area contributed by atoms with E-state index in [0.29, 0.717) is 5.92 Å². The molecule has 32 heavy (non-hydrogen) atoms. The van der Waals surface area contributed by atoms with Gasteiger partial charge in [0, 0.05) is 5.92 Å². The van der Waals surface area contributed by atoms with Crippen molar-refractivity contribution in [3.8, 4) is 0 Å². The van der Waals surface area contributed by atoms with Crippen molar-refractivity contribution >= 4 is 22.6 Å². The molecule has 164 valence electrons. The molecular formula is C27H28FN3O. The van der Waals surface area contributed by atoms with Crippen LogP contribution >= 0.6 is 0 Å². The van der Waals surface area contributed by atoms with Gasteiger partial charge in [-0.2, -0.15) is 0 Å². The number of anilines is 1. The number of nitrogens with zero attached hydrogens (tertiary/aromatic N) is 2. The van der Waals surface area contributed by atoms with Crippen LogP contribution < -0.4 is 5.32 Å². The maximum atomic E-state index is 14.0. The maximum Gasteiger partial charge on any atom is 0.244 e. The van der Waals surface area contributed by atoms with Gasteiger partial charge in [-0.3, -0.25) is 4.79 Å². The van der Waals surface area contributed by atoms with Gasteiger partial charge < -0.3 is 9.88 Å². The van der Waals surface area contributed by atoms with E-state index in [1.54, 1.807) is 18.2 Å². The van der Waals surface area contributed by atoms with Gasteiger partial charge >= 0.3 is 0 Å². The smallest absolute Gasteiger partial charge is 0.244 e. The minimum atomic E-state index is -0.452. The van der Waals surface area contributed by atoms with Gasteiger partial charge in [0.05, 0.1) is 16.7 Å². The van der Waals surface area contributed by atoms with E-state index in [0.717, 1.165) is 28.8 Å². The molecule has 3 aromatic carbocycles. The van der Waals surface area contributed by atoms with Crippen molar-refractivity contribution in [3.63, 3.8) is 0 Å². The third kappa shape index (κ3) is 4.72. The van der Waals surface area contributed by atoms with E-state index in [2.05, 4.69) is 50.4 Å². The molecule has 0 bridgehead atoms. The number of hydrogen-bond acceptors (Lipinski definition) is 2. The van der Waals surface area contributed by atoms with Crippen LogP contribution in [0.3, 0.4) is 0 Å². The summed E-state index contributed by atoms with van der Waals surface area (Å²) in [4.78, 5) is 17.7. The molecule has 1 amide bonds. The first kappa shape index (κ1) is 21.8. The van der Waals surface area contributed by atoms with E-state index in [4.69, 9.17) is 4.98 Å². The lowest BCUT2D eigenvalue weighted by atomic mass is 9.96. The van der Waals surface area contributed by atoms with Gasteiger partial charge in [-0.25, -0.2) is 9.37 Å². The summed E-state index contributed by atoms with van der Waals surface area (Å²) in [7, 11) is 0. The molecule has 0 saturated carbocycles. The lowest BCUT2D eigenvalue weighted by molar-refractivity contribution is -0.116. The average molecular weight is 430 g/mol. The van der Waals surface area contributed by atoms with Gasteiger partial charge in [0.1, 0.15) is 18.2 Å². The Morgan fingerprint density at radius 1 is 0.969 bits per heavy atom. The van der Waals surface area contributed by atoms with Crippen molar-refractivity contribution in [2.45, 2.75) is 39.7 Å². The minimum absolute atomic E-state index is 0.00300. The lowest BCUT2D eigenvalue weighted by Gasteiger charge is -2.16. The number of imidazole rings is 1. The van der Waals surface area contributed by atoms with Crippen molar-refractivity contribution in [2.75, 3.05) is 5.32 Å². The fourth-order valence-electron chi connectivity index (χ4n) is 4.05. The van der Waals surface area contributed by atoms with Crippen molar-refractivity contribution in [2.24, 2.45) is 5.92 Å². The van der Waals surface area contributed by atoms with Gasteiger partial charge in [-0.1, -0.05) is 69.3 Å². The van der Waals surface area contributed by atoms with Crippen LogP contribution in [0.1, 0.15) is 43.6 Å². The van der Waals surface area contributed by atoms with Crippen LogP contribution in [0.2, 0.25) is 0 Å². The van der Waals surface area contributed by atoms with E-state index < -0.39 is 5.82 Å². The topological polar surface area (TPSA) is 46.9 Å². The fourth-order valence-corrected chi connectivity index (χ4v) is 4.05. The standard InChI is InChI=1S/C27H28FN3O/c1-18(2)16-20-12-14-21(15-13-20)19(3)27-30-24-10-6-7-11-25(24)31(27)17-26(32)29-23-9-5-4-8-22(23)28/h4-15,18-19H,16-17H2,1-3H3,(H,29,32). The van der Waals surface area contributed by atoms with E-state index in [9.17, 15) is 9.18 Å². The van der Waals surface area contributed by atoms with Crippen LogP contribution in [0, 0.1) is 11.7 Å². The summed E-state index contributed by atoms with van der Waals surface area (Å²) in [5.74, 6) is 0.670. The summed E-state index contributed by atoms with van der Waals surface area (Å²) in [5.41, 5.74) is 4.36. The second kappa shape index (κ2) is 9.35. The molecule has 0 fully saturated rings. The number of fused-ring (bicyclic) bond motifs is 1. The number of hydrogen-bond donors (Lipinski definition) is 1. The Labute approximate surface area is 188 Å². The van der Waals surface area contributed by atoms with Gasteiger partial charge in [0.15, 0.2) is 0 Å². The molecule has 0 spiro atoms. The number of para-hydroxylation sites is 3. The van der Waals surface area contributed by atoms with Crippen molar-refractivity contribution in [1.29, 1.82) is 0 Å². The van der Waals surface area contributed by atoms with Gasteiger partial charge in [-0.05, 0) is 47.7 Å². The summed E-state index contributed by atoms with van der Waals surface area (Å²) in [6, 6.07) is 22.6. The van der Waals surface area contributed by atoms with Crippen LogP contribution in [0.5, 0.6) is 0 Å². The Bertz CT molecular complexity index is 1230. The second-order valence-electron chi connectivity index (χ2n) is 8.63. The largest absolute Gasteiger partial charge is 0.322 e. The highest BCUT2D eigenvalue weighted by molar-refractivity contribution is 5.92. The first-order chi connectivity index (χ1) is 15.4. The highest BCUT2D eigenvalue weighted by Crippen LogP contribution is 2.28. The van der Waals surface area contributed by atoms with Crippen LogP contribution in [-0.2, 0) is 17.8 Å². The zero-order chi connectivity index (χ0) is 22.7. The monoisotopic (exact) mass is 429 g/mol. The summed E-state index contributed by atoms with van der Waals surface area (Å²) < 4.78 is 15.9. The average Bonchev–Trinajstić information content (AvgIpc) is 3.13. The molecule has 0 saturated heterocycles. The van der Waals surface area contributed by atoms with Gasteiger partial charge in [-0.15, -0.1) is 0 Å². The molecule has 4 aromatic rings. The number of carbonyl (C=O) groups is 1. The van der Waals surface area contributed by atoms with Crippen LogP contribution in [0.15, 0.2) is 72.8 Å². The van der Waals surface area contributed by atoms with E-state index in [1.165, 1.54) is 11.6 Å². The first-order valence-corrected chi connectivity index (χ1v) is 11.0. The van der Waals surface area contributed by atoms with Gasteiger partial charge in [0.2, 0.25) is 5.91 Å². The van der Waals surface area contributed by atoms with E-state index in [-0.39, 0.29) is 24.1 Å².